The SMILES string of the molecule is CC(C)(CNC(=O)N1CCC(C#N)CC1)c1ccc(Cl)cc1. The first kappa shape index (κ1) is 16.6. The van der Waals surface area contributed by atoms with E-state index in [1.54, 1.807) is 4.90 Å². The summed E-state index contributed by atoms with van der Waals surface area (Å²) in [5, 5.41) is 12.6. The Morgan fingerprint density at radius 1 is 1.36 bits per heavy atom. The van der Waals surface area contributed by atoms with E-state index in [9.17, 15) is 4.79 Å². The largest absolute Gasteiger partial charge is 0.337 e. The van der Waals surface area contributed by atoms with Crippen molar-refractivity contribution >= 4 is 17.6 Å². The second-order valence-corrected chi connectivity index (χ2v) is 6.88. The van der Waals surface area contributed by atoms with E-state index in [2.05, 4.69) is 25.2 Å². The van der Waals surface area contributed by atoms with E-state index in [0.29, 0.717) is 24.7 Å². The van der Waals surface area contributed by atoms with E-state index in [1.165, 1.54) is 0 Å². The summed E-state index contributed by atoms with van der Waals surface area (Å²) < 4.78 is 0. The van der Waals surface area contributed by atoms with Crippen LogP contribution >= 0.6 is 11.6 Å². The van der Waals surface area contributed by atoms with Crippen molar-refractivity contribution in [3.8, 4) is 6.07 Å². The highest BCUT2D eigenvalue weighted by molar-refractivity contribution is 6.30. The van der Waals surface area contributed by atoms with Crippen molar-refractivity contribution in [1.29, 1.82) is 5.26 Å². The van der Waals surface area contributed by atoms with Crippen LogP contribution in [0.4, 0.5) is 4.79 Å². The lowest BCUT2D eigenvalue weighted by atomic mass is 9.84. The molecule has 1 aromatic rings. The van der Waals surface area contributed by atoms with E-state index in [1.807, 2.05) is 24.3 Å². The number of urea groups is 1. The molecule has 0 spiro atoms. The maximum atomic E-state index is 12.2. The number of amides is 2. The average Bonchev–Trinajstić information content (AvgIpc) is 2.53. The van der Waals surface area contributed by atoms with E-state index in [-0.39, 0.29) is 17.4 Å². The Bertz CT molecular complexity index is 554. The molecule has 1 fully saturated rings. The van der Waals surface area contributed by atoms with Crippen LogP contribution in [0, 0.1) is 17.2 Å². The maximum absolute atomic E-state index is 12.2. The van der Waals surface area contributed by atoms with E-state index in [4.69, 9.17) is 16.9 Å². The summed E-state index contributed by atoms with van der Waals surface area (Å²) in [6.07, 6.45) is 1.54. The van der Waals surface area contributed by atoms with Crippen LogP contribution in [-0.2, 0) is 5.41 Å². The van der Waals surface area contributed by atoms with Crippen LogP contribution < -0.4 is 5.32 Å². The van der Waals surface area contributed by atoms with Crippen molar-refractivity contribution in [2.24, 2.45) is 5.92 Å². The molecule has 1 aliphatic heterocycles. The number of rotatable bonds is 3. The van der Waals surface area contributed by atoms with E-state index < -0.39 is 0 Å². The molecule has 0 radical (unpaired) electrons. The number of carbonyl (C=O) groups excluding carboxylic acids is 1. The van der Waals surface area contributed by atoms with Crippen LogP contribution in [-0.4, -0.2) is 30.6 Å². The molecule has 1 heterocycles. The predicted octanol–water partition coefficient (Wildman–Crippen LogP) is 3.56. The van der Waals surface area contributed by atoms with Crippen LogP contribution in [0.15, 0.2) is 24.3 Å². The zero-order valence-corrected chi connectivity index (χ0v) is 13.9. The number of benzene rings is 1. The third-order valence-corrected chi connectivity index (χ3v) is 4.52. The number of hydrogen-bond donors (Lipinski definition) is 1. The Labute approximate surface area is 137 Å². The zero-order chi connectivity index (χ0) is 16.2. The van der Waals surface area contributed by atoms with Gasteiger partial charge < -0.3 is 10.2 Å². The number of nitrogens with one attached hydrogen (secondary N) is 1. The molecular weight excluding hydrogens is 298 g/mol. The Kier molecular flexibility index (Phi) is 5.31. The van der Waals surface area contributed by atoms with Gasteiger partial charge in [0.05, 0.1) is 6.07 Å². The van der Waals surface area contributed by atoms with Gasteiger partial charge in [-0.15, -0.1) is 0 Å². The molecule has 0 saturated carbocycles. The number of hydrogen-bond acceptors (Lipinski definition) is 2. The van der Waals surface area contributed by atoms with Crippen LogP contribution in [0.3, 0.4) is 0 Å². The molecule has 1 saturated heterocycles. The minimum absolute atomic E-state index is 0.0431. The maximum Gasteiger partial charge on any atom is 0.317 e. The lowest BCUT2D eigenvalue weighted by Gasteiger charge is -2.31. The van der Waals surface area contributed by atoms with Gasteiger partial charge in [-0.2, -0.15) is 5.26 Å². The third-order valence-electron chi connectivity index (χ3n) is 4.27. The number of nitriles is 1. The normalized spacial score (nSPS) is 16.2. The van der Waals surface area contributed by atoms with E-state index in [0.717, 1.165) is 18.4 Å². The summed E-state index contributed by atoms with van der Waals surface area (Å²) in [7, 11) is 0. The summed E-state index contributed by atoms with van der Waals surface area (Å²) >= 11 is 5.92. The monoisotopic (exact) mass is 319 g/mol. The number of carbonyl (C=O) groups is 1. The molecule has 0 unspecified atom stereocenters. The van der Waals surface area contributed by atoms with Gasteiger partial charge in [0.1, 0.15) is 0 Å². The van der Waals surface area contributed by atoms with Gasteiger partial charge in [-0.3, -0.25) is 0 Å². The fourth-order valence-corrected chi connectivity index (χ4v) is 2.75. The molecule has 2 rings (SSSR count). The van der Waals surface area contributed by atoms with Crippen molar-refractivity contribution in [1.82, 2.24) is 10.2 Å². The lowest BCUT2D eigenvalue weighted by Crippen LogP contribution is -2.47. The first-order valence-electron chi connectivity index (χ1n) is 7.61. The highest BCUT2D eigenvalue weighted by Gasteiger charge is 2.25. The van der Waals surface area contributed by atoms with Gasteiger partial charge in [0, 0.05) is 36.0 Å². The minimum atomic E-state index is -0.161. The van der Waals surface area contributed by atoms with Crippen molar-refractivity contribution in [2.45, 2.75) is 32.1 Å². The van der Waals surface area contributed by atoms with Crippen molar-refractivity contribution in [2.75, 3.05) is 19.6 Å². The van der Waals surface area contributed by atoms with Crippen molar-refractivity contribution in [3.63, 3.8) is 0 Å². The first-order valence-corrected chi connectivity index (χ1v) is 7.98. The highest BCUT2D eigenvalue weighted by Crippen LogP contribution is 2.24. The Balaban J connectivity index is 1.88. The van der Waals surface area contributed by atoms with Gasteiger partial charge in [0.15, 0.2) is 0 Å². The summed E-state index contributed by atoms with van der Waals surface area (Å²) in [5.74, 6) is 0.0922. The van der Waals surface area contributed by atoms with Crippen LogP contribution in [0.2, 0.25) is 5.02 Å². The molecule has 118 valence electrons. The molecule has 1 aromatic carbocycles. The first-order chi connectivity index (χ1) is 10.4. The molecule has 2 amide bonds. The molecule has 4 nitrogen and oxygen atoms in total. The van der Waals surface area contributed by atoms with E-state index >= 15 is 0 Å². The zero-order valence-electron chi connectivity index (χ0n) is 13.1. The summed E-state index contributed by atoms with van der Waals surface area (Å²) in [6, 6.07) is 9.96. The Morgan fingerprint density at radius 2 is 1.95 bits per heavy atom. The number of nitrogens with zero attached hydrogens (tertiary/aromatic N) is 2. The quantitative estimate of drug-likeness (QED) is 0.926. The van der Waals surface area contributed by atoms with Crippen molar-refractivity contribution in [3.05, 3.63) is 34.9 Å². The Hall–Kier alpha value is -1.73. The highest BCUT2D eigenvalue weighted by atomic mass is 35.5. The van der Waals surface area contributed by atoms with Gasteiger partial charge in [-0.25, -0.2) is 4.79 Å². The van der Waals surface area contributed by atoms with Gasteiger partial charge >= 0.3 is 6.03 Å². The standard InChI is InChI=1S/C17H22ClN3O/c1-17(2,14-3-5-15(18)6-4-14)12-20-16(22)21-9-7-13(11-19)8-10-21/h3-6,13H,7-10,12H2,1-2H3,(H,20,22). The van der Waals surface area contributed by atoms with Gasteiger partial charge in [-0.05, 0) is 30.5 Å². The van der Waals surface area contributed by atoms with Gasteiger partial charge in [-0.1, -0.05) is 37.6 Å². The molecule has 0 atom stereocenters. The second kappa shape index (κ2) is 7.02. The fraction of sp³-hybridized carbons (Fsp3) is 0.529. The molecule has 0 aromatic heterocycles. The number of halogens is 1. The summed E-state index contributed by atoms with van der Waals surface area (Å²) in [5.41, 5.74) is 0.978. The molecule has 5 heteroatoms. The predicted molar refractivity (Wildman–Crippen MR) is 87.8 cm³/mol. The minimum Gasteiger partial charge on any atom is -0.337 e. The van der Waals surface area contributed by atoms with Crippen LogP contribution in [0.1, 0.15) is 32.3 Å². The van der Waals surface area contributed by atoms with Crippen molar-refractivity contribution < 1.29 is 4.79 Å². The average molecular weight is 320 g/mol. The Morgan fingerprint density at radius 3 is 2.50 bits per heavy atom. The summed E-state index contributed by atoms with van der Waals surface area (Å²) in [4.78, 5) is 14.0. The number of likely N-dealkylation sites (tertiary alicyclic amines) is 1. The molecule has 22 heavy (non-hydrogen) atoms. The topological polar surface area (TPSA) is 56.1 Å². The number of piperidine rings is 1. The molecular formula is C17H22ClN3O. The van der Waals surface area contributed by atoms with Crippen LogP contribution in [0.5, 0.6) is 0 Å². The third kappa shape index (κ3) is 4.14. The smallest absolute Gasteiger partial charge is 0.317 e. The second-order valence-electron chi connectivity index (χ2n) is 6.44. The van der Waals surface area contributed by atoms with Gasteiger partial charge in [0.2, 0.25) is 0 Å². The molecule has 1 N–H and O–H groups in total. The molecule has 0 bridgehead atoms. The molecule has 0 aliphatic carbocycles. The van der Waals surface area contributed by atoms with Gasteiger partial charge in [0.25, 0.3) is 0 Å². The summed E-state index contributed by atoms with van der Waals surface area (Å²) in [6.45, 7) is 6.07. The van der Waals surface area contributed by atoms with Crippen LogP contribution in [0.25, 0.3) is 0 Å². The molecule has 1 aliphatic rings. The lowest BCUT2D eigenvalue weighted by molar-refractivity contribution is 0.177. The fourth-order valence-electron chi connectivity index (χ4n) is 2.62.